The summed E-state index contributed by atoms with van der Waals surface area (Å²) in [5, 5.41) is 7.12. The molecule has 0 saturated heterocycles. The molecule has 0 fully saturated rings. The average Bonchev–Trinajstić information content (AvgIpc) is 2.62. The summed E-state index contributed by atoms with van der Waals surface area (Å²) in [5.41, 5.74) is 4.28. The number of hydrogen-bond acceptors (Lipinski definition) is 2. The van der Waals surface area contributed by atoms with Crippen molar-refractivity contribution in [3.05, 3.63) is 45.2 Å². The minimum atomic E-state index is -0.204. The fraction of sp³-hybridized carbons (Fsp3) is 0.286. The number of carbonyl (C=O) groups excluding carboxylic acids is 1. The summed E-state index contributed by atoms with van der Waals surface area (Å²) >= 11 is 3.40. The van der Waals surface area contributed by atoms with Crippen molar-refractivity contribution in [1.29, 1.82) is 0 Å². The van der Waals surface area contributed by atoms with Crippen LogP contribution < -0.4 is 5.32 Å². The number of carbonyl (C=O) groups is 1. The Kier molecular flexibility index (Phi) is 3.75. The molecule has 0 saturated carbocycles. The molecule has 0 bridgehead atoms. The Balaban J connectivity index is 2.30. The largest absolute Gasteiger partial charge is 0.320 e. The van der Waals surface area contributed by atoms with Gasteiger partial charge in [-0.3, -0.25) is 9.48 Å². The van der Waals surface area contributed by atoms with Crippen molar-refractivity contribution in [2.24, 2.45) is 7.05 Å². The molecule has 1 N–H and O–H groups in total. The lowest BCUT2D eigenvalue weighted by molar-refractivity contribution is 0.102. The number of rotatable bonds is 2. The van der Waals surface area contributed by atoms with Crippen molar-refractivity contribution in [3.63, 3.8) is 0 Å². The van der Waals surface area contributed by atoms with Gasteiger partial charge in [0.2, 0.25) is 0 Å². The molecule has 0 spiro atoms. The summed E-state index contributed by atoms with van der Waals surface area (Å²) < 4.78 is 2.42. The van der Waals surface area contributed by atoms with Crippen LogP contribution in [0.15, 0.2) is 22.7 Å². The summed E-state index contributed by atoms with van der Waals surface area (Å²) in [7, 11) is 1.81. The Morgan fingerprint density at radius 1 is 1.32 bits per heavy atom. The first-order valence-electron chi connectivity index (χ1n) is 5.98. The molecular formula is C14H16BrN3O. The number of nitrogens with zero attached hydrogens (tertiary/aromatic N) is 2. The standard InChI is InChI=1S/C14H16BrN3O/c1-8-5-6-9(2)11(7-8)16-14(19)13-12(15)10(3)18(4)17-13/h5-7H,1-4H3,(H,16,19). The second-order valence-electron chi connectivity index (χ2n) is 4.64. The van der Waals surface area contributed by atoms with E-state index in [1.807, 2.05) is 46.0 Å². The van der Waals surface area contributed by atoms with E-state index in [0.29, 0.717) is 5.69 Å². The third-order valence-electron chi connectivity index (χ3n) is 3.12. The molecule has 0 aliphatic carbocycles. The van der Waals surface area contributed by atoms with Crippen LogP contribution in [0.25, 0.3) is 0 Å². The van der Waals surface area contributed by atoms with Crippen molar-refractivity contribution >= 4 is 27.5 Å². The van der Waals surface area contributed by atoms with E-state index in [4.69, 9.17) is 0 Å². The van der Waals surface area contributed by atoms with Crippen LogP contribution in [0.1, 0.15) is 27.3 Å². The van der Waals surface area contributed by atoms with Crippen LogP contribution in [0.2, 0.25) is 0 Å². The van der Waals surface area contributed by atoms with Crippen molar-refractivity contribution < 1.29 is 4.79 Å². The summed E-state index contributed by atoms with van der Waals surface area (Å²) in [6, 6.07) is 5.96. The molecule has 0 radical (unpaired) electrons. The van der Waals surface area contributed by atoms with Gasteiger partial charge in [0.25, 0.3) is 5.91 Å². The molecule has 0 atom stereocenters. The predicted molar refractivity (Wildman–Crippen MR) is 79.5 cm³/mol. The number of halogens is 1. The Labute approximate surface area is 120 Å². The predicted octanol–water partition coefficient (Wildman–Crippen LogP) is 3.36. The number of aromatic nitrogens is 2. The normalized spacial score (nSPS) is 10.6. The Hall–Kier alpha value is -1.62. The Bertz CT molecular complexity index is 646. The van der Waals surface area contributed by atoms with Crippen LogP contribution in [0, 0.1) is 20.8 Å². The maximum Gasteiger partial charge on any atom is 0.277 e. The third kappa shape index (κ3) is 2.71. The molecule has 19 heavy (non-hydrogen) atoms. The lowest BCUT2D eigenvalue weighted by Gasteiger charge is -2.08. The zero-order valence-electron chi connectivity index (χ0n) is 11.4. The van der Waals surface area contributed by atoms with E-state index in [0.717, 1.165) is 27.0 Å². The summed E-state index contributed by atoms with van der Waals surface area (Å²) in [6.45, 7) is 5.87. The van der Waals surface area contributed by atoms with Crippen LogP contribution >= 0.6 is 15.9 Å². The van der Waals surface area contributed by atoms with Gasteiger partial charge in [-0.15, -0.1) is 0 Å². The number of aryl methyl sites for hydroxylation is 3. The van der Waals surface area contributed by atoms with Crippen LogP contribution in [0.4, 0.5) is 5.69 Å². The monoisotopic (exact) mass is 321 g/mol. The van der Waals surface area contributed by atoms with Gasteiger partial charge in [-0.25, -0.2) is 0 Å². The maximum absolute atomic E-state index is 12.2. The van der Waals surface area contributed by atoms with Crippen LogP contribution in [-0.2, 0) is 7.05 Å². The first-order valence-corrected chi connectivity index (χ1v) is 6.77. The highest BCUT2D eigenvalue weighted by atomic mass is 79.9. The SMILES string of the molecule is Cc1ccc(C)c(NC(=O)c2nn(C)c(C)c2Br)c1. The van der Waals surface area contributed by atoms with E-state index < -0.39 is 0 Å². The second kappa shape index (κ2) is 5.17. The zero-order valence-corrected chi connectivity index (χ0v) is 13.0. The van der Waals surface area contributed by atoms with Crippen molar-refractivity contribution in [2.45, 2.75) is 20.8 Å². The minimum absolute atomic E-state index is 0.204. The first-order chi connectivity index (χ1) is 8.90. The zero-order chi connectivity index (χ0) is 14.2. The second-order valence-corrected chi connectivity index (χ2v) is 5.44. The molecular weight excluding hydrogens is 306 g/mol. The summed E-state index contributed by atoms with van der Waals surface area (Å²) in [5.74, 6) is -0.204. The van der Waals surface area contributed by atoms with E-state index >= 15 is 0 Å². The van der Waals surface area contributed by atoms with E-state index in [1.54, 1.807) is 4.68 Å². The van der Waals surface area contributed by atoms with Crippen molar-refractivity contribution in [3.8, 4) is 0 Å². The Morgan fingerprint density at radius 2 is 2.00 bits per heavy atom. The van der Waals surface area contributed by atoms with Gasteiger partial charge in [-0.1, -0.05) is 12.1 Å². The molecule has 5 heteroatoms. The molecule has 1 amide bonds. The summed E-state index contributed by atoms with van der Waals surface area (Å²) in [6.07, 6.45) is 0. The molecule has 2 aromatic rings. The van der Waals surface area contributed by atoms with Gasteiger partial charge in [-0.2, -0.15) is 5.10 Å². The third-order valence-corrected chi connectivity index (χ3v) is 4.07. The first kappa shape index (κ1) is 13.8. The average molecular weight is 322 g/mol. The van der Waals surface area contributed by atoms with Crippen LogP contribution in [-0.4, -0.2) is 15.7 Å². The fourth-order valence-electron chi connectivity index (χ4n) is 1.78. The quantitative estimate of drug-likeness (QED) is 0.921. The lowest BCUT2D eigenvalue weighted by atomic mass is 10.1. The van der Waals surface area contributed by atoms with E-state index in [2.05, 4.69) is 26.3 Å². The highest BCUT2D eigenvalue weighted by molar-refractivity contribution is 9.10. The van der Waals surface area contributed by atoms with Gasteiger partial charge in [0.1, 0.15) is 0 Å². The highest BCUT2D eigenvalue weighted by Crippen LogP contribution is 2.22. The molecule has 1 heterocycles. The summed E-state index contributed by atoms with van der Waals surface area (Å²) in [4.78, 5) is 12.2. The van der Waals surface area contributed by atoms with E-state index in [1.165, 1.54) is 0 Å². The number of anilines is 1. The molecule has 1 aromatic carbocycles. The molecule has 0 aliphatic heterocycles. The number of hydrogen-bond donors (Lipinski definition) is 1. The van der Waals surface area contributed by atoms with Gasteiger partial charge in [0, 0.05) is 12.7 Å². The van der Waals surface area contributed by atoms with Crippen LogP contribution in [0.3, 0.4) is 0 Å². The van der Waals surface area contributed by atoms with Crippen molar-refractivity contribution in [2.75, 3.05) is 5.32 Å². The number of amides is 1. The van der Waals surface area contributed by atoms with Gasteiger partial charge in [0.05, 0.1) is 10.2 Å². The van der Waals surface area contributed by atoms with Crippen molar-refractivity contribution in [1.82, 2.24) is 9.78 Å². The molecule has 4 nitrogen and oxygen atoms in total. The van der Waals surface area contributed by atoms with Gasteiger partial charge < -0.3 is 5.32 Å². The van der Waals surface area contributed by atoms with Gasteiger partial charge in [-0.05, 0) is 53.9 Å². The van der Waals surface area contributed by atoms with E-state index in [9.17, 15) is 4.79 Å². The smallest absolute Gasteiger partial charge is 0.277 e. The highest BCUT2D eigenvalue weighted by Gasteiger charge is 2.18. The fourth-order valence-corrected chi connectivity index (χ4v) is 2.30. The lowest BCUT2D eigenvalue weighted by Crippen LogP contribution is -2.14. The van der Waals surface area contributed by atoms with Crippen LogP contribution in [0.5, 0.6) is 0 Å². The molecule has 2 rings (SSSR count). The molecule has 0 aliphatic rings. The molecule has 0 unspecified atom stereocenters. The number of benzene rings is 1. The number of nitrogens with one attached hydrogen (secondary N) is 1. The topological polar surface area (TPSA) is 46.9 Å². The Morgan fingerprint density at radius 3 is 2.58 bits per heavy atom. The van der Waals surface area contributed by atoms with Gasteiger partial charge in [0.15, 0.2) is 5.69 Å². The molecule has 1 aromatic heterocycles. The maximum atomic E-state index is 12.2. The molecule has 100 valence electrons. The minimum Gasteiger partial charge on any atom is -0.320 e. The van der Waals surface area contributed by atoms with Gasteiger partial charge >= 0.3 is 0 Å². The van der Waals surface area contributed by atoms with E-state index in [-0.39, 0.29) is 5.91 Å².